The van der Waals surface area contributed by atoms with Gasteiger partial charge in [-0.05, 0) is 31.7 Å². The molecule has 0 aliphatic rings. The topological polar surface area (TPSA) is 92.7 Å². The lowest BCUT2D eigenvalue weighted by Gasteiger charge is -2.10. The SMILES string of the molecule is CCCOc1ccc(S(=O)(=O)NC)cc1C(=O)O. The molecule has 7 heteroatoms. The van der Waals surface area contributed by atoms with Crippen LogP contribution in [0.2, 0.25) is 0 Å². The molecule has 0 bridgehead atoms. The van der Waals surface area contributed by atoms with Crippen LogP contribution >= 0.6 is 0 Å². The number of benzene rings is 1. The number of carboxylic acid groups (broad SMARTS) is 1. The Morgan fingerprint density at radius 3 is 2.61 bits per heavy atom. The van der Waals surface area contributed by atoms with Crippen molar-refractivity contribution in [2.45, 2.75) is 18.2 Å². The quantitative estimate of drug-likeness (QED) is 0.809. The zero-order valence-corrected chi connectivity index (χ0v) is 11.0. The van der Waals surface area contributed by atoms with Crippen molar-refractivity contribution in [1.82, 2.24) is 4.72 Å². The number of hydrogen-bond acceptors (Lipinski definition) is 4. The molecule has 0 saturated carbocycles. The molecular weight excluding hydrogens is 258 g/mol. The van der Waals surface area contributed by atoms with Crippen LogP contribution in [0.15, 0.2) is 23.1 Å². The van der Waals surface area contributed by atoms with Gasteiger partial charge < -0.3 is 9.84 Å². The Labute approximate surface area is 106 Å². The van der Waals surface area contributed by atoms with Crippen LogP contribution in [0.5, 0.6) is 5.75 Å². The number of hydrogen-bond donors (Lipinski definition) is 2. The van der Waals surface area contributed by atoms with Crippen molar-refractivity contribution in [3.63, 3.8) is 0 Å². The number of ether oxygens (including phenoxy) is 1. The number of aromatic carboxylic acids is 1. The van der Waals surface area contributed by atoms with Gasteiger partial charge in [0.15, 0.2) is 0 Å². The summed E-state index contributed by atoms with van der Waals surface area (Å²) in [5.41, 5.74) is -0.167. The summed E-state index contributed by atoms with van der Waals surface area (Å²) in [4.78, 5) is 11.0. The molecule has 0 aromatic heterocycles. The maximum atomic E-state index is 11.6. The molecule has 6 nitrogen and oxygen atoms in total. The highest BCUT2D eigenvalue weighted by Gasteiger charge is 2.18. The summed E-state index contributed by atoms with van der Waals surface area (Å²) >= 11 is 0. The van der Waals surface area contributed by atoms with Crippen molar-refractivity contribution < 1.29 is 23.1 Å². The van der Waals surface area contributed by atoms with Gasteiger partial charge in [-0.15, -0.1) is 0 Å². The van der Waals surface area contributed by atoms with Crippen molar-refractivity contribution in [2.24, 2.45) is 0 Å². The molecule has 0 spiro atoms. The number of nitrogens with one attached hydrogen (secondary N) is 1. The van der Waals surface area contributed by atoms with E-state index in [0.29, 0.717) is 6.61 Å². The molecule has 0 heterocycles. The Hall–Kier alpha value is -1.60. The largest absolute Gasteiger partial charge is 0.493 e. The zero-order chi connectivity index (χ0) is 13.8. The normalized spacial score (nSPS) is 11.2. The van der Waals surface area contributed by atoms with Crippen LogP contribution in [0.25, 0.3) is 0 Å². The molecule has 1 aromatic carbocycles. The predicted molar refractivity (Wildman–Crippen MR) is 65.4 cm³/mol. The van der Waals surface area contributed by atoms with Gasteiger partial charge in [0.25, 0.3) is 0 Å². The lowest BCUT2D eigenvalue weighted by atomic mass is 10.2. The van der Waals surface area contributed by atoms with E-state index in [1.165, 1.54) is 19.2 Å². The first-order valence-electron chi connectivity index (χ1n) is 5.36. The van der Waals surface area contributed by atoms with E-state index >= 15 is 0 Å². The van der Waals surface area contributed by atoms with Crippen LogP contribution < -0.4 is 9.46 Å². The highest BCUT2D eigenvalue weighted by atomic mass is 32.2. The van der Waals surface area contributed by atoms with Gasteiger partial charge in [-0.25, -0.2) is 17.9 Å². The Morgan fingerprint density at radius 1 is 1.44 bits per heavy atom. The Morgan fingerprint density at radius 2 is 2.11 bits per heavy atom. The minimum atomic E-state index is -3.66. The number of carboxylic acids is 1. The molecule has 1 rings (SSSR count). The molecule has 0 saturated heterocycles. The van der Waals surface area contributed by atoms with E-state index in [0.717, 1.165) is 12.5 Å². The number of sulfonamides is 1. The van der Waals surface area contributed by atoms with E-state index in [1.807, 2.05) is 6.92 Å². The fraction of sp³-hybridized carbons (Fsp3) is 0.364. The Kier molecular flexibility index (Phi) is 4.69. The van der Waals surface area contributed by atoms with Crippen LogP contribution in [-0.2, 0) is 10.0 Å². The van der Waals surface area contributed by atoms with Gasteiger partial charge in [0.2, 0.25) is 10.0 Å². The number of carbonyl (C=O) groups is 1. The van der Waals surface area contributed by atoms with E-state index < -0.39 is 16.0 Å². The first-order chi connectivity index (χ1) is 8.42. The summed E-state index contributed by atoms with van der Waals surface area (Å²) in [5.74, 6) is -1.06. The molecule has 0 unspecified atom stereocenters. The van der Waals surface area contributed by atoms with E-state index in [2.05, 4.69) is 4.72 Å². The summed E-state index contributed by atoms with van der Waals surface area (Å²) in [6.45, 7) is 2.26. The van der Waals surface area contributed by atoms with Crippen molar-refractivity contribution in [3.05, 3.63) is 23.8 Å². The molecule has 0 radical (unpaired) electrons. The summed E-state index contributed by atoms with van der Waals surface area (Å²) in [5, 5.41) is 9.03. The molecular formula is C11H15NO5S. The minimum absolute atomic E-state index is 0.105. The highest BCUT2D eigenvalue weighted by molar-refractivity contribution is 7.89. The summed E-state index contributed by atoms with van der Waals surface area (Å²) in [6, 6.07) is 3.74. The third-order valence-electron chi connectivity index (χ3n) is 2.22. The van der Waals surface area contributed by atoms with E-state index in [-0.39, 0.29) is 16.2 Å². The molecule has 0 fully saturated rings. The van der Waals surface area contributed by atoms with Crippen LogP contribution in [0.4, 0.5) is 0 Å². The van der Waals surface area contributed by atoms with E-state index in [9.17, 15) is 13.2 Å². The highest BCUT2D eigenvalue weighted by Crippen LogP contribution is 2.22. The lowest BCUT2D eigenvalue weighted by molar-refractivity contribution is 0.0692. The summed E-state index contributed by atoms with van der Waals surface area (Å²) in [7, 11) is -2.40. The molecule has 18 heavy (non-hydrogen) atoms. The Bertz CT molecular complexity index is 538. The third kappa shape index (κ3) is 3.21. The minimum Gasteiger partial charge on any atom is -0.493 e. The molecule has 0 atom stereocenters. The molecule has 1 aromatic rings. The van der Waals surface area contributed by atoms with Crippen LogP contribution in [0.3, 0.4) is 0 Å². The molecule has 0 amide bonds. The average Bonchev–Trinajstić information content (AvgIpc) is 2.35. The van der Waals surface area contributed by atoms with Gasteiger partial charge in [0.1, 0.15) is 11.3 Å². The van der Waals surface area contributed by atoms with Crippen LogP contribution in [-0.4, -0.2) is 33.1 Å². The predicted octanol–water partition coefficient (Wildman–Crippen LogP) is 1.08. The summed E-state index contributed by atoms with van der Waals surface area (Å²) in [6.07, 6.45) is 0.732. The second-order valence-electron chi connectivity index (χ2n) is 3.52. The second-order valence-corrected chi connectivity index (χ2v) is 5.41. The second kappa shape index (κ2) is 5.83. The first-order valence-corrected chi connectivity index (χ1v) is 6.84. The third-order valence-corrected chi connectivity index (χ3v) is 3.63. The average molecular weight is 273 g/mol. The van der Waals surface area contributed by atoms with Crippen molar-refractivity contribution in [1.29, 1.82) is 0 Å². The van der Waals surface area contributed by atoms with Crippen LogP contribution in [0, 0.1) is 0 Å². The number of rotatable bonds is 6. The van der Waals surface area contributed by atoms with Crippen molar-refractivity contribution in [2.75, 3.05) is 13.7 Å². The fourth-order valence-electron chi connectivity index (χ4n) is 1.30. The van der Waals surface area contributed by atoms with Crippen LogP contribution in [0.1, 0.15) is 23.7 Å². The van der Waals surface area contributed by atoms with Crippen molar-refractivity contribution in [3.8, 4) is 5.75 Å². The lowest BCUT2D eigenvalue weighted by Crippen LogP contribution is -2.19. The molecule has 2 N–H and O–H groups in total. The molecule has 0 aliphatic carbocycles. The Balaban J connectivity index is 3.23. The standard InChI is InChI=1S/C11H15NO5S/c1-3-6-17-10-5-4-8(18(15,16)12-2)7-9(10)11(13)14/h4-5,7,12H,3,6H2,1-2H3,(H,13,14). The molecule has 100 valence electrons. The van der Waals surface area contributed by atoms with Gasteiger partial charge in [-0.2, -0.15) is 0 Å². The van der Waals surface area contributed by atoms with E-state index in [4.69, 9.17) is 9.84 Å². The fourth-order valence-corrected chi connectivity index (χ4v) is 2.06. The smallest absolute Gasteiger partial charge is 0.339 e. The van der Waals surface area contributed by atoms with Gasteiger partial charge in [0.05, 0.1) is 11.5 Å². The van der Waals surface area contributed by atoms with Gasteiger partial charge in [-0.3, -0.25) is 0 Å². The van der Waals surface area contributed by atoms with Gasteiger partial charge >= 0.3 is 5.97 Å². The summed E-state index contributed by atoms with van der Waals surface area (Å²) < 4.78 is 30.5. The van der Waals surface area contributed by atoms with Gasteiger partial charge in [-0.1, -0.05) is 6.92 Å². The van der Waals surface area contributed by atoms with Gasteiger partial charge in [0, 0.05) is 0 Å². The van der Waals surface area contributed by atoms with E-state index in [1.54, 1.807) is 0 Å². The maximum absolute atomic E-state index is 11.6. The van der Waals surface area contributed by atoms with Crippen molar-refractivity contribution >= 4 is 16.0 Å². The maximum Gasteiger partial charge on any atom is 0.339 e. The zero-order valence-electron chi connectivity index (χ0n) is 10.1. The molecule has 0 aliphatic heterocycles. The first kappa shape index (κ1) is 14.5. The monoisotopic (exact) mass is 273 g/mol.